The van der Waals surface area contributed by atoms with Crippen molar-refractivity contribution in [2.24, 2.45) is 10.1 Å². The van der Waals surface area contributed by atoms with Crippen LogP contribution in [0.5, 0.6) is 0 Å². The molecule has 0 aliphatic carbocycles. The average Bonchev–Trinajstić information content (AvgIpc) is 2.95. The maximum absolute atomic E-state index is 11.4. The highest BCUT2D eigenvalue weighted by Gasteiger charge is 2.20. The number of amidine groups is 1. The summed E-state index contributed by atoms with van der Waals surface area (Å²) in [7, 11) is 0. The fourth-order valence-electron chi connectivity index (χ4n) is 2.54. The molecule has 2 aromatic rings. The second-order valence-corrected chi connectivity index (χ2v) is 6.27. The first-order valence-electron chi connectivity index (χ1n) is 7.30. The average molecular weight is 322 g/mol. The van der Waals surface area contributed by atoms with Crippen molar-refractivity contribution in [3.05, 3.63) is 59.7 Å². The first kappa shape index (κ1) is 14.0. The monoisotopic (exact) mass is 322 g/mol. The number of nitrogens with zero attached hydrogens (tertiary/aromatic N) is 2. The molecule has 0 aromatic heterocycles. The number of hydrogen-bond donors (Lipinski definition) is 2. The minimum atomic E-state index is 0.0486. The molecule has 6 heteroatoms. The van der Waals surface area contributed by atoms with E-state index >= 15 is 0 Å². The molecule has 0 spiro atoms. The second kappa shape index (κ2) is 5.89. The van der Waals surface area contributed by atoms with Crippen molar-refractivity contribution < 1.29 is 4.79 Å². The van der Waals surface area contributed by atoms with Crippen LogP contribution in [0.25, 0.3) is 0 Å². The standard InChI is InChI=1S/C17H14N4OS/c22-16-9-12-7-6-11(8-14(12)19-16)15-10-23-17(21-20-15)18-13-4-2-1-3-5-13/h1-8H,9-10H2,(H,18,21)(H,19,22). The van der Waals surface area contributed by atoms with Crippen molar-refractivity contribution in [2.45, 2.75) is 6.42 Å². The first-order valence-corrected chi connectivity index (χ1v) is 8.29. The number of benzene rings is 2. The third kappa shape index (κ3) is 2.98. The van der Waals surface area contributed by atoms with Gasteiger partial charge in [0.1, 0.15) is 0 Å². The van der Waals surface area contributed by atoms with Crippen molar-refractivity contribution in [3.8, 4) is 0 Å². The van der Waals surface area contributed by atoms with E-state index in [4.69, 9.17) is 0 Å². The number of amides is 1. The van der Waals surface area contributed by atoms with Gasteiger partial charge in [-0.25, -0.2) is 4.99 Å². The Morgan fingerprint density at radius 2 is 2.00 bits per heavy atom. The lowest BCUT2D eigenvalue weighted by molar-refractivity contribution is -0.115. The molecular formula is C17H14N4OS. The number of rotatable bonds is 2. The predicted molar refractivity (Wildman–Crippen MR) is 94.4 cm³/mol. The maximum Gasteiger partial charge on any atom is 0.228 e. The van der Waals surface area contributed by atoms with E-state index in [1.54, 1.807) is 11.8 Å². The van der Waals surface area contributed by atoms with E-state index in [0.29, 0.717) is 6.42 Å². The van der Waals surface area contributed by atoms with E-state index < -0.39 is 0 Å². The molecule has 0 radical (unpaired) electrons. The van der Waals surface area contributed by atoms with Crippen LogP contribution in [-0.2, 0) is 11.2 Å². The van der Waals surface area contributed by atoms with Crippen LogP contribution in [-0.4, -0.2) is 22.5 Å². The Hall–Kier alpha value is -2.60. The molecule has 0 saturated heterocycles. The third-order valence-corrected chi connectivity index (χ3v) is 4.56. The van der Waals surface area contributed by atoms with Crippen LogP contribution < -0.4 is 10.7 Å². The fraction of sp³-hybridized carbons (Fsp3) is 0.118. The lowest BCUT2D eigenvalue weighted by atomic mass is 10.1. The van der Waals surface area contributed by atoms with E-state index in [0.717, 1.165) is 39.1 Å². The van der Waals surface area contributed by atoms with E-state index in [1.807, 2.05) is 48.5 Å². The number of anilines is 1. The number of hydrogen-bond acceptors (Lipinski definition) is 4. The van der Waals surface area contributed by atoms with Crippen LogP contribution in [0.2, 0.25) is 0 Å². The molecule has 4 rings (SSSR count). The van der Waals surface area contributed by atoms with Crippen molar-refractivity contribution in [3.63, 3.8) is 0 Å². The summed E-state index contributed by atoms with van der Waals surface area (Å²) in [6.45, 7) is 0. The Morgan fingerprint density at radius 3 is 2.78 bits per heavy atom. The summed E-state index contributed by atoms with van der Waals surface area (Å²) in [4.78, 5) is 15.9. The van der Waals surface area contributed by atoms with Gasteiger partial charge in [-0.2, -0.15) is 5.10 Å². The third-order valence-electron chi connectivity index (χ3n) is 3.69. The highest BCUT2D eigenvalue weighted by molar-refractivity contribution is 8.14. The molecule has 0 atom stereocenters. The smallest absolute Gasteiger partial charge is 0.228 e. The molecule has 2 heterocycles. The number of carbonyl (C=O) groups is 1. The molecule has 2 N–H and O–H groups in total. The molecule has 0 fully saturated rings. The van der Waals surface area contributed by atoms with Gasteiger partial charge in [-0.1, -0.05) is 42.1 Å². The Bertz CT molecular complexity index is 830. The first-order chi connectivity index (χ1) is 11.3. The predicted octanol–water partition coefficient (Wildman–Crippen LogP) is 2.91. The van der Waals surface area contributed by atoms with Crippen molar-refractivity contribution in [1.29, 1.82) is 0 Å². The highest BCUT2D eigenvalue weighted by Crippen LogP contribution is 2.26. The summed E-state index contributed by atoms with van der Waals surface area (Å²) in [6.07, 6.45) is 0.461. The summed E-state index contributed by atoms with van der Waals surface area (Å²) < 4.78 is 0. The number of fused-ring (bicyclic) bond motifs is 1. The van der Waals surface area contributed by atoms with Crippen LogP contribution in [0.4, 0.5) is 11.4 Å². The summed E-state index contributed by atoms with van der Waals surface area (Å²) >= 11 is 1.62. The fourth-order valence-corrected chi connectivity index (χ4v) is 3.32. The molecule has 1 amide bonds. The van der Waals surface area contributed by atoms with Crippen LogP contribution in [0.15, 0.2) is 58.6 Å². The van der Waals surface area contributed by atoms with Gasteiger partial charge in [-0.3, -0.25) is 10.2 Å². The molecule has 114 valence electrons. The van der Waals surface area contributed by atoms with Crippen molar-refractivity contribution in [2.75, 3.05) is 11.1 Å². The topological polar surface area (TPSA) is 65.8 Å². The molecule has 5 nitrogen and oxygen atoms in total. The van der Waals surface area contributed by atoms with Gasteiger partial charge in [-0.05, 0) is 23.8 Å². The van der Waals surface area contributed by atoms with E-state index in [9.17, 15) is 4.79 Å². The Balaban J connectivity index is 1.53. The normalized spacial score (nSPS) is 18.2. The minimum absolute atomic E-state index is 0.0486. The molecule has 0 bridgehead atoms. The number of nitrogens with one attached hydrogen (secondary N) is 2. The Kier molecular flexibility index (Phi) is 3.59. The summed E-state index contributed by atoms with van der Waals surface area (Å²) in [5, 5.41) is 8.08. The SMILES string of the molecule is O=C1Cc2ccc(C3=NNC(=Nc4ccccc4)SC3)cc2N1. The molecule has 2 aliphatic heterocycles. The van der Waals surface area contributed by atoms with Gasteiger partial charge >= 0.3 is 0 Å². The number of hydrazone groups is 1. The van der Waals surface area contributed by atoms with Crippen molar-refractivity contribution in [1.82, 2.24) is 5.43 Å². The second-order valence-electron chi connectivity index (χ2n) is 5.31. The van der Waals surface area contributed by atoms with Gasteiger partial charge in [0.15, 0.2) is 5.17 Å². The highest BCUT2D eigenvalue weighted by atomic mass is 32.2. The van der Waals surface area contributed by atoms with Gasteiger partial charge in [0.05, 0.1) is 17.8 Å². The van der Waals surface area contributed by atoms with Crippen LogP contribution in [0, 0.1) is 0 Å². The zero-order valence-corrected chi connectivity index (χ0v) is 13.1. The van der Waals surface area contributed by atoms with Crippen LogP contribution in [0.1, 0.15) is 11.1 Å². The number of carbonyl (C=O) groups excluding carboxylic acids is 1. The Morgan fingerprint density at radius 1 is 1.13 bits per heavy atom. The van der Waals surface area contributed by atoms with E-state index in [2.05, 4.69) is 20.8 Å². The molecule has 2 aromatic carbocycles. The zero-order chi connectivity index (χ0) is 15.6. The quantitative estimate of drug-likeness (QED) is 0.893. The van der Waals surface area contributed by atoms with Gasteiger partial charge in [0, 0.05) is 17.0 Å². The van der Waals surface area contributed by atoms with Gasteiger partial charge < -0.3 is 5.32 Å². The minimum Gasteiger partial charge on any atom is -0.326 e. The lowest BCUT2D eigenvalue weighted by Gasteiger charge is -2.15. The van der Waals surface area contributed by atoms with E-state index in [-0.39, 0.29) is 5.91 Å². The molecule has 0 unspecified atom stereocenters. The Labute approximate surface area is 137 Å². The maximum atomic E-state index is 11.4. The van der Waals surface area contributed by atoms with Gasteiger partial charge in [0.25, 0.3) is 0 Å². The van der Waals surface area contributed by atoms with E-state index in [1.165, 1.54) is 0 Å². The number of aliphatic imine (C=N–C) groups is 1. The van der Waals surface area contributed by atoms with Gasteiger partial charge in [-0.15, -0.1) is 0 Å². The summed E-state index contributed by atoms with van der Waals surface area (Å²) in [5.41, 5.74) is 7.81. The summed E-state index contributed by atoms with van der Waals surface area (Å²) in [6, 6.07) is 15.8. The molecule has 23 heavy (non-hydrogen) atoms. The lowest BCUT2D eigenvalue weighted by Crippen LogP contribution is -2.25. The largest absolute Gasteiger partial charge is 0.326 e. The van der Waals surface area contributed by atoms with Gasteiger partial charge in [0.2, 0.25) is 5.91 Å². The van der Waals surface area contributed by atoms with Crippen molar-refractivity contribution >= 4 is 39.9 Å². The number of thioether (sulfide) groups is 1. The van der Waals surface area contributed by atoms with Crippen LogP contribution >= 0.6 is 11.8 Å². The molecular weight excluding hydrogens is 308 g/mol. The number of para-hydroxylation sites is 1. The summed E-state index contributed by atoms with van der Waals surface area (Å²) in [5.74, 6) is 0.790. The molecule has 2 aliphatic rings. The molecule has 0 saturated carbocycles. The van der Waals surface area contributed by atoms with Crippen LogP contribution in [0.3, 0.4) is 0 Å². The zero-order valence-electron chi connectivity index (χ0n) is 12.2.